The van der Waals surface area contributed by atoms with Crippen molar-refractivity contribution in [1.82, 2.24) is 19.5 Å². The van der Waals surface area contributed by atoms with Crippen molar-refractivity contribution in [1.29, 1.82) is 0 Å². The summed E-state index contributed by atoms with van der Waals surface area (Å²) < 4.78 is 1.61. The van der Waals surface area contributed by atoms with Gasteiger partial charge in [-0.25, -0.2) is 9.50 Å². The van der Waals surface area contributed by atoms with Gasteiger partial charge in [0.15, 0.2) is 5.65 Å². The van der Waals surface area contributed by atoms with Crippen LogP contribution in [0.5, 0.6) is 0 Å². The molecule has 2 heterocycles. The first-order valence-corrected chi connectivity index (χ1v) is 8.97. The summed E-state index contributed by atoms with van der Waals surface area (Å²) in [6, 6.07) is 8.45. The van der Waals surface area contributed by atoms with Crippen LogP contribution in [0.1, 0.15) is 45.9 Å². The van der Waals surface area contributed by atoms with E-state index in [4.69, 9.17) is 5.11 Å². The fourth-order valence-corrected chi connectivity index (χ4v) is 3.78. The quantitative estimate of drug-likeness (QED) is 0.784. The summed E-state index contributed by atoms with van der Waals surface area (Å²) in [5, 5.41) is 13.3. The van der Waals surface area contributed by atoms with Crippen LogP contribution in [0.25, 0.3) is 5.65 Å². The minimum atomic E-state index is -0.0656. The number of hydrogen-bond donors (Lipinski definition) is 1. The highest BCUT2D eigenvalue weighted by Crippen LogP contribution is 2.34. The number of fused-ring (bicyclic) bond motifs is 2. The van der Waals surface area contributed by atoms with Gasteiger partial charge in [-0.2, -0.15) is 5.10 Å². The number of hydrogen-bond acceptors (Lipinski definition) is 4. The zero-order chi connectivity index (χ0) is 18.1. The zero-order valence-electron chi connectivity index (χ0n) is 14.8. The topological polar surface area (TPSA) is 70.7 Å². The van der Waals surface area contributed by atoms with E-state index in [-0.39, 0.29) is 18.6 Å². The van der Waals surface area contributed by atoms with Gasteiger partial charge >= 0.3 is 0 Å². The van der Waals surface area contributed by atoms with Crippen LogP contribution in [0.3, 0.4) is 0 Å². The molecule has 1 amide bonds. The van der Waals surface area contributed by atoms with E-state index in [0.717, 1.165) is 24.8 Å². The average Bonchev–Trinajstić information content (AvgIpc) is 3.10. The van der Waals surface area contributed by atoms with Crippen molar-refractivity contribution >= 4 is 11.6 Å². The molecule has 1 aromatic carbocycles. The van der Waals surface area contributed by atoms with E-state index in [1.165, 1.54) is 11.1 Å². The van der Waals surface area contributed by atoms with Gasteiger partial charge in [-0.3, -0.25) is 4.79 Å². The Morgan fingerprint density at radius 2 is 2.19 bits per heavy atom. The van der Waals surface area contributed by atoms with E-state index in [1.54, 1.807) is 16.9 Å². The Morgan fingerprint density at radius 3 is 3.04 bits per heavy atom. The van der Waals surface area contributed by atoms with Crippen LogP contribution >= 0.6 is 0 Å². The molecular formula is C20H22N4O2. The van der Waals surface area contributed by atoms with Crippen molar-refractivity contribution < 1.29 is 9.90 Å². The Morgan fingerprint density at radius 1 is 1.35 bits per heavy atom. The molecule has 4 rings (SSSR count). The van der Waals surface area contributed by atoms with Crippen molar-refractivity contribution in [3.8, 4) is 0 Å². The number of aryl methyl sites for hydroxylation is 1. The highest BCUT2D eigenvalue weighted by molar-refractivity contribution is 5.99. The Labute approximate surface area is 152 Å². The molecule has 1 unspecified atom stereocenters. The molecule has 1 aliphatic rings. The van der Waals surface area contributed by atoms with Crippen LogP contribution in [-0.4, -0.2) is 44.2 Å². The van der Waals surface area contributed by atoms with E-state index < -0.39 is 0 Å². The molecular weight excluding hydrogens is 328 g/mol. The summed E-state index contributed by atoms with van der Waals surface area (Å²) in [4.78, 5) is 19.3. The Hall–Kier alpha value is -2.73. The average molecular weight is 350 g/mol. The van der Waals surface area contributed by atoms with Gasteiger partial charge in [0.1, 0.15) is 5.56 Å². The van der Waals surface area contributed by atoms with Crippen LogP contribution < -0.4 is 0 Å². The third kappa shape index (κ3) is 2.86. The van der Waals surface area contributed by atoms with Gasteiger partial charge < -0.3 is 10.0 Å². The molecule has 0 fully saturated rings. The van der Waals surface area contributed by atoms with Gasteiger partial charge in [0, 0.05) is 26.0 Å². The molecule has 3 aromatic rings. The lowest BCUT2D eigenvalue weighted by Crippen LogP contribution is -2.33. The minimum Gasteiger partial charge on any atom is -0.396 e. The first-order chi connectivity index (χ1) is 12.7. The highest BCUT2D eigenvalue weighted by atomic mass is 16.3. The van der Waals surface area contributed by atoms with Gasteiger partial charge in [0.05, 0.1) is 12.2 Å². The first kappa shape index (κ1) is 16.7. The van der Waals surface area contributed by atoms with Crippen LogP contribution in [0, 0.1) is 0 Å². The van der Waals surface area contributed by atoms with Crippen molar-refractivity contribution in [3.05, 3.63) is 65.1 Å². The monoisotopic (exact) mass is 350 g/mol. The van der Waals surface area contributed by atoms with Crippen LogP contribution in [0.15, 0.2) is 42.9 Å². The first-order valence-electron chi connectivity index (χ1n) is 8.97. The normalized spacial score (nSPS) is 16.5. The number of aliphatic hydroxyl groups excluding tert-OH is 1. The van der Waals surface area contributed by atoms with Crippen LogP contribution in [-0.2, 0) is 12.8 Å². The maximum Gasteiger partial charge on any atom is 0.259 e. The molecule has 0 spiro atoms. The Kier molecular flexibility index (Phi) is 4.42. The van der Waals surface area contributed by atoms with Gasteiger partial charge in [-0.15, -0.1) is 0 Å². The van der Waals surface area contributed by atoms with E-state index >= 15 is 0 Å². The smallest absolute Gasteiger partial charge is 0.259 e. The van der Waals surface area contributed by atoms with Crippen molar-refractivity contribution in [2.24, 2.45) is 0 Å². The van der Waals surface area contributed by atoms with E-state index in [0.29, 0.717) is 17.6 Å². The van der Waals surface area contributed by atoms with Crippen molar-refractivity contribution in [2.45, 2.75) is 31.7 Å². The second-order valence-electron chi connectivity index (χ2n) is 6.79. The van der Waals surface area contributed by atoms with E-state index in [1.807, 2.05) is 24.2 Å². The lowest BCUT2D eigenvalue weighted by molar-refractivity contribution is 0.0717. The minimum absolute atomic E-state index is 0.0596. The largest absolute Gasteiger partial charge is 0.396 e. The number of rotatable bonds is 4. The summed E-state index contributed by atoms with van der Waals surface area (Å²) in [7, 11) is 1.86. The van der Waals surface area contributed by atoms with E-state index in [9.17, 15) is 4.79 Å². The predicted octanol–water partition coefficient (Wildman–Crippen LogP) is 2.41. The number of carbonyl (C=O) groups is 1. The van der Waals surface area contributed by atoms with Crippen LogP contribution in [0.2, 0.25) is 0 Å². The lowest BCUT2D eigenvalue weighted by Gasteiger charge is -2.33. The third-order valence-corrected chi connectivity index (χ3v) is 5.17. The number of aromatic nitrogens is 3. The number of amides is 1. The summed E-state index contributed by atoms with van der Waals surface area (Å²) in [5.41, 5.74) is 4.51. The third-order valence-electron chi connectivity index (χ3n) is 5.17. The van der Waals surface area contributed by atoms with Crippen molar-refractivity contribution in [2.75, 3.05) is 13.7 Å². The standard InChI is InChI=1S/C20H22N4O2/c1-23(18-8-4-6-15-5-2-3-7-16(15)18)20(26)17-12-22-24-13-14(9-10-25)11-21-19(17)24/h2-3,5,7,11-13,18,25H,4,6,8-10H2,1H3. The Balaban J connectivity index is 1.65. The number of benzene rings is 1. The molecule has 0 radical (unpaired) electrons. The molecule has 134 valence electrons. The van der Waals surface area contributed by atoms with Gasteiger partial charge in [-0.05, 0) is 42.4 Å². The number of aliphatic hydroxyl groups is 1. The van der Waals surface area contributed by atoms with E-state index in [2.05, 4.69) is 28.3 Å². The lowest BCUT2D eigenvalue weighted by atomic mass is 9.87. The summed E-state index contributed by atoms with van der Waals surface area (Å²) in [6.07, 6.45) is 8.72. The zero-order valence-corrected chi connectivity index (χ0v) is 14.8. The number of nitrogens with zero attached hydrogens (tertiary/aromatic N) is 4. The van der Waals surface area contributed by atoms with Crippen molar-refractivity contribution in [3.63, 3.8) is 0 Å². The number of carbonyl (C=O) groups excluding carboxylic acids is 1. The molecule has 6 heteroatoms. The maximum atomic E-state index is 13.1. The summed E-state index contributed by atoms with van der Waals surface area (Å²) in [5.74, 6) is -0.0656. The van der Waals surface area contributed by atoms with Gasteiger partial charge in [-0.1, -0.05) is 24.3 Å². The molecule has 0 saturated carbocycles. The SMILES string of the molecule is CN(C(=O)c1cnn2cc(CCO)cnc12)C1CCCc2ccccc21. The predicted molar refractivity (Wildman–Crippen MR) is 98.0 cm³/mol. The molecule has 1 N–H and O–H groups in total. The summed E-state index contributed by atoms with van der Waals surface area (Å²) >= 11 is 0. The fourth-order valence-electron chi connectivity index (χ4n) is 3.78. The molecule has 1 aliphatic carbocycles. The molecule has 0 bridgehead atoms. The maximum absolute atomic E-state index is 13.1. The molecule has 0 saturated heterocycles. The molecule has 1 atom stereocenters. The second-order valence-corrected chi connectivity index (χ2v) is 6.79. The van der Waals surface area contributed by atoms with Crippen LogP contribution in [0.4, 0.5) is 0 Å². The van der Waals surface area contributed by atoms with Gasteiger partial charge in [0.25, 0.3) is 5.91 Å². The highest BCUT2D eigenvalue weighted by Gasteiger charge is 2.28. The Bertz CT molecular complexity index is 950. The molecule has 6 nitrogen and oxygen atoms in total. The van der Waals surface area contributed by atoms with Gasteiger partial charge in [0.2, 0.25) is 0 Å². The fraction of sp³-hybridized carbons (Fsp3) is 0.350. The molecule has 0 aliphatic heterocycles. The summed E-state index contributed by atoms with van der Waals surface area (Å²) in [6.45, 7) is 0.0596. The molecule has 26 heavy (non-hydrogen) atoms. The molecule has 2 aromatic heterocycles. The second kappa shape index (κ2) is 6.88.